The number of carbonyl (C=O) groups is 1. The number of benzene rings is 1. The zero-order valence-electron chi connectivity index (χ0n) is 15.4. The number of hydrogen-bond acceptors (Lipinski definition) is 4. The third-order valence-electron chi connectivity index (χ3n) is 5.16. The highest BCUT2D eigenvalue weighted by Crippen LogP contribution is 2.18. The number of aromatic amines is 1. The normalized spacial score (nSPS) is 14.9. The number of anilines is 1. The van der Waals surface area contributed by atoms with E-state index in [1.807, 2.05) is 18.3 Å². The zero-order valence-corrected chi connectivity index (χ0v) is 15.4. The molecule has 0 atom stereocenters. The van der Waals surface area contributed by atoms with Gasteiger partial charge in [0, 0.05) is 36.7 Å². The smallest absolute Gasteiger partial charge is 0.271 e. The van der Waals surface area contributed by atoms with Crippen LogP contribution < -0.4 is 10.2 Å². The van der Waals surface area contributed by atoms with E-state index < -0.39 is 0 Å². The zero-order chi connectivity index (χ0) is 18.5. The van der Waals surface area contributed by atoms with Crippen LogP contribution >= 0.6 is 0 Å². The predicted octanol–water partition coefficient (Wildman–Crippen LogP) is 3.31. The molecule has 0 bridgehead atoms. The lowest BCUT2D eigenvalue weighted by molar-refractivity contribution is 0.0949. The number of nitrogens with zero attached hydrogens (tertiary/aromatic N) is 3. The number of fused-ring (bicyclic) bond motifs is 1. The Hall–Kier alpha value is -2.89. The minimum atomic E-state index is -0.176. The van der Waals surface area contributed by atoms with Crippen LogP contribution in [0.25, 0.3) is 10.9 Å². The highest BCUT2D eigenvalue weighted by Gasteiger charge is 2.13. The van der Waals surface area contributed by atoms with Crippen LogP contribution in [0.1, 0.15) is 41.7 Å². The highest BCUT2D eigenvalue weighted by molar-refractivity contribution is 5.92. The predicted molar refractivity (Wildman–Crippen MR) is 107 cm³/mol. The van der Waals surface area contributed by atoms with Gasteiger partial charge < -0.3 is 15.2 Å². The monoisotopic (exact) mass is 363 g/mol. The molecule has 4 rings (SSSR count). The summed E-state index contributed by atoms with van der Waals surface area (Å²) >= 11 is 0. The lowest BCUT2D eigenvalue weighted by Crippen LogP contribution is -2.28. The van der Waals surface area contributed by atoms with Crippen LogP contribution in [0.15, 0.2) is 42.9 Å². The molecule has 140 valence electrons. The van der Waals surface area contributed by atoms with Gasteiger partial charge in [-0.3, -0.25) is 4.79 Å². The maximum absolute atomic E-state index is 12.3. The summed E-state index contributed by atoms with van der Waals surface area (Å²) in [7, 11) is 0. The number of para-hydroxylation sites is 1. The van der Waals surface area contributed by atoms with Gasteiger partial charge in [-0.25, -0.2) is 9.97 Å². The molecule has 6 nitrogen and oxygen atoms in total. The van der Waals surface area contributed by atoms with Crippen molar-refractivity contribution in [1.82, 2.24) is 20.3 Å². The summed E-state index contributed by atoms with van der Waals surface area (Å²) in [5, 5.41) is 4.14. The third-order valence-corrected chi connectivity index (χ3v) is 5.16. The summed E-state index contributed by atoms with van der Waals surface area (Å²) in [5.41, 5.74) is 2.69. The number of H-pyrrole nitrogens is 1. The largest absolute Gasteiger partial charge is 0.361 e. The van der Waals surface area contributed by atoms with Crippen molar-refractivity contribution in [3.05, 3.63) is 54.1 Å². The standard InChI is InChI=1S/C21H25N5O/c27-21(22-10-9-16-13-23-18-8-4-3-7-17(16)18)19-14-25-20(15-24-19)26-11-5-1-2-6-12-26/h3-4,7-8,13-15,23H,1-2,5-6,9-12H2,(H,22,27). The van der Waals surface area contributed by atoms with Crippen molar-refractivity contribution in [3.63, 3.8) is 0 Å². The Morgan fingerprint density at radius 1 is 1.07 bits per heavy atom. The second kappa shape index (κ2) is 8.20. The fraction of sp³-hybridized carbons (Fsp3) is 0.381. The second-order valence-corrected chi connectivity index (χ2v) is 7.03. The maximum Gasteiger partial charge on any atom is 0.271 e. The van der Waals surface area contributed by atoms with E-state index in [9.17, 15) is 4.79 Å². The van der Waals surface area contributed by atoms with Crippen molar-refractivity contribution >= 4 is 22.6 Å². The first kappa shape index (κ1) is 17.5. The summed E-state index contributed by atoms with van der Waals surface area (Å²) in [4.78, 5) is 26.7. The van der Waals surface area contributed by atoms with Crippen molar-refractivity contribution in [2.45, 2.75) is 32.1 Å². The fourth-order valence-corrected chi connectivity index (χ4v) is 3.64. The van der Waals surface area contributed by atoms with E-state index in [-0.39, 0.29) is 5.91 Å². The number of carbonyl (C=O) groups excluding carboxylic acids is 1. The molecule has 3 aromatic rings. The van der Waals surface area contributed by atoms with Gasteiger partial charge in [0.1, 0.15) is 11.5 Å². The lowest BCUT2D eigenvalue weighted by Gasteiger charge is -2.20. The van der Waals surface area contributed by atoms with E-state index in [0.29, 0.717) is 12.2 Å². The molecule has 0 unspecified atom stereocenters. The molecule has 0 spiro atoms. The summed E-state index contributed by atoms with van der Waals surface area (Å²) in [6.07, 6.45) is 11.0. The molecule has 3 heterocycles. The minimum absolute atomic E-state index is 0.176. The van der Waals surface area contributed by atoms with Crippen LogP contribution in [-0.4, -0.2) is 40.5 Å². The number of rotatable bonds is 5. The molecule has 0 aliphatic carbocycles. The van der Waals surface area contributed by atoms with Gasteiger partial charge in [0.25, 0.3) is 5.91 Å². The van der Waals surface area contributed by atoms with Crippen LogP contribution in [0.2, 0.25) is 0 Å². The SMILES string of the molecule is O=C(NCCc1c[nH]c2ccccc12)c1cnc(N2CCCCCC2)cn1. The molecule has 6 heteroatoms. The summed E-state index contributed by atoms with van der Waals surface area (Å²) in [6.45, 7) is 2.60. The van der Waals surface area contributed by atoms with Gasteiger partial charge in [-0.15, -0.1) is 0 Å². The number of amides is 1. The second-order valence-electron chi connectivity index (χ2n) is 7.03. The van der Waals surface area contributed by atoms with E-state index in [1.165, 1.54) is 36.6 Å². The maximum atomic E-state index is 12.3. The Balaban J connectivity index is 1.33. The van der Waals surface area contributed by atoms with Crippen LogP contribution in [0.5, 0.6) is 0 Å². The van der Waals surface area contributed by atoms with E-state index in [1.54, 1.807) is 12.4 Å². The van der Waals surface area contributed by atoms with E-state index >= 15 is 0 Å². The fourth-order valence-electron chi connectivity index (χ4n) is 3.64. The Morgan fingerprint density at radius 2 is 1.89 bits per heavy atom. The van der Waals surface area contributed by atoms with Crippen molar-refractivity contribution in [2.75, 3.05) is 24.5 Å². The molecule has 0 radical (unpaired) electrons. The number of aromatic nitrogens is 3. The van der Waals surface area contributed by atoms with Crippen molar-refractivity contribution in [1.29, 1.82) is 0 Å². The van der Waals surface area contributed by atoms with Gasteiger partial charge in [-0.2, -0.15) is 0 Å². The minimum Gasteiger partial charge on any atom is -0.361 e. The molecular formula is C21H25N5O. The Labute approximate surface area is 159 Å². The van der Waals surface area contributed by atoms with Gasteiger partial charge in [0.2, 0.25) is 0 Å². The molecule has 0 saturated carbocycles. The van der Waals surface area contributed by atoms with Crippen molar-refractivity contribution in [2.24, 2.45) is 0 Å². The molecule has 27 heavy (non-hydrogen) atoms. The van der Waals surface area contributed by atoms with E-state index in [2.05, 4.69) is 37.3 Å². The Kier molecular flexibility index (Phi) is 5.32. The van der Waals surface area contributed by atoms with Gasteiger partial charge in [-0.05, 0) is 30.9 Å². The lowest BCUT2D eigenvalue weighted by atomic mass is 10.1. The average Bonchev–Trinajstić information content (AvgIpc) is 2.93. The van der Waals surface area contributed by atoms with E-state index in [4.69, 9.17) is 0 Å². The average molecular weight is 363 g/mol. The molecule has 1 aromatic carbocycles. The van der Waals surface area contributed by atoms with Gasteiger partial charge in [0.15, 0.2) is 0 Å². The summed E-state index contributed by atoms with van der Waals surface area (Å²) in [6, 6.07) is 8.19. The van der Waals surface area contributed by atoms with Crippen LogP contribution in [-0.2, 0) is 6.42 Å². The highest BCUT2D eigenvalue weighted by atomic mass is 16.1. The molecule has 1 amide bonds. The topological polar surface area (TPSA) is 73.9 Å². The van der Waals surface area contributed by atoms with Crippen LogP contribution in [0.3, 0.4) is 0 Å². The Morgan fingerprint density at radius 3 is 2.67 bits per heavy atom. The molecule has 2 aromatic heterocycles. The Bertz CT molecular complexity index is 894. The van der Waals surface area contributed by atoms with Gasteiger partial charge in [-0.1, -0.05) is 31.0 Å². The molecule has 1 aliphatic heterocycles. The summed E-state index contributed by atoms with van der Waals surface area (Å²) < 4.78 is 0. The molecular weight excluding hydrogens is 338 g/mol. The quantitative estimate of drug-likeness (QED) is 0.729. The van der Waals surface area contributed by atoms with Gasteiger partial charge >= 0.3 is 0 Å². The van der Waals surface area contributed by atoms with Crippen LogP contribution in [0, 0.1) is 0 Å². The van der Waals surface area contributed by atoms with Gasteiger partial charge in [0.05, 0.1) is 12.4 Å². The van der Waals surface area contributed by atoms with E-state index in [0.717, 1.165) is 30.8 Å². The van der Waals surface area contributed by atoms with Crippen molar-refractivity contribution < 1.29 is 4.79 Å². The number of hydrogen-bond donors (Lipinski definition) is 2. The first-order chi connectivity index (χ1) is 13.3. The first-order valence-corrected chi connectivity index (χ1v) is 9.71. The third kappa shape index (κ3) is 4.10. The molecule has 1 fully saturated rings. The molecule has 2 N–H and O–H groups in total. The first-order valence-electron chi connectivity index (χ1n) is 9.71. The molecule has 1 saturated heterocycles. The van der Waals surface area contributed by atoms with Crippen LogP contribution in [0.4, 0.5) is 5.82 Å². The number of nitrogens with one attached hydrogen (secondary N) is 2. The molecule has 1 aliphatic rings. The summed E-state index contributed by atoms with van der Waals surface area (Å²) in [5.74, 6) is 0.692. The van der Waals surface area contributed by atoms with Crippen molar-refractivity contribution in [3.8, 4) is 0 Å².